The number of halogens is 4. The summed E-state index contributed by atoms with van der Waals surface area (Å²) in [6.07, 6.45) is -1.38. The van der Waals surface area contributed by atoms with Gasteiger partial charge in [0, 0.05) is 25.2 Å². The maximum absolute atomic E-state index is 14.4. The van der Waals surface area contributed by atoms with Crippen molar-refractivity contribution in [1.82, 2.24) is 29.0 Å². The zero-order valence-electron chi connectivity index (χ0n) is 27.5. The van der Waals surface area contributed by atoms with Crippen molar-refractivity contribution >= 4 is 51.6 Å². The fraction of sp³-hybridized carbons (Fsp3) is 0.371. The third-order valence-electron chi connectivity index (χ3n) is 9.71. The highest BCUT2D eigenvalue weighted by Gasteiger charge is 2.46. The van der Waals surface area contributed by atoms with Crippen LogP contribution in [0.25, 0.3) is 22.5 Å². The van der Waals surface area contributed by atoms with Gasteiger partial charge in [-0.05, 0) is 55.2 Å². The highest BCUT2D eigenvalue weighted by Crippen LogP contribution is 2.41. The number of amides is 2. The molecule has 0 unspecified atom stereocenters. The molecule has 1 spiro atoms. The largest absolute Gasteiger partial charge is 0.440 e. The average Bonchev–Trinajstić information content (AvgIpc) is 3.76. The molecule has 2 amide bonds. The molecule has 0 bridgehead atoms. The number of alkyl halides is 3. The Morgan fingerprint density at radius 1 is 1.04 bits per heavy atom. The monoisotopic (exact) mass is 737 g/mol. The third-order valence-corrected chi connectivity index (χ3v) is 10.0. The van der Waals surface area contributed by atoms with Gasteiger partial charge in [0.2, 0.25) is 23.5 Å². The minimum atomic E-state index is -4.61. The molecule has 0 atom stereocenters. The molecule has 270 valence electrons. The van der Waals surface area contributed by atoms with Crippen LogP contribution in [0.3, 0.4) is 0 Å². The summed E-state index contributed by atoms with van der Waals surface area (Å²) in [4.78, 5) is 52.1. The zero-order valence-corrected chi connectivity index (χ0v) is 28.3. The van der Waals surface area contributed by atoms with E-state index in [0.29, 0.717) is 79.6 Å². The molecule has 8 rings (SSSR count). The van der Waals surface area contributed by atoms with E-state index in [-0.39, 0.29) is 48.4 Å². The van der Waals surface area contributed by atoms with Gasteiger partial charge in [-0.15, -0.1) is 5.10 Å². The van der Waals surface area contributed by atoms with Gasteiger partial charge in [0.15, 0.2) is 11.4 Å². The van der Waals surface area contributed by atoms with E-state index >= 15 is 0 Å². The van der Waals surface area contributed by atoms with E-state index in [9.17, 15) is 27.6 Å². The van der Waals surface area contributed by atoms with Gasteiger partial charge in [-0.25, -0.2) is 4.98 Å². The first-order chi connectivity index (χ1) is 25.0. The van der Waals surface area contributed by atoms with Crippen molar-refractivity contribution < 1.29 is 36.7 Å². The molecule has 0 saturated carbocycles. The zero-order chi connectivity index (χ0) is 36.2. The SMILES string of the molecule is O=C(Cn1c2c(c(=O)n3nc(C4=CCOCC4)nc13)C1(CCN(C(=O)Cc3nc4ccccc4o3)CC1)OCC2)Nc1ccc(C(F)(F)F)cc1Cl. The Labute approximate surface area is 298 Å². The molecular formula is C35H31ClF3N7O6. The van der Waals surface area contributed by atoms with Crippen LogP contribution in [0.5, 0.6) is 0 Å². The number of anilines is 1. The van der Waals surface area contributed by atoms with Gasteiger partial charge >= 0.3 is 6.18 Å². The number of nitrogens with one attached hydrogen (secondary N) is 1. The second kappa shape index (κ2) is 13.2. The Balaban J connectivity index is 1.11. The number of hydrogen-bond acceptors (Lipinski definition) is 9. The lowest BCUT2D eigenvalue weighted by atomic mass is 9.81. The summed E-state index contributed by atoms with van der Waals surface area (Å²) in [7, 11) is 0. The van der Waals surface area contributed by atoms with Gasteiger partial charge < -0.3 is 28.7 Å². The van der Waals surface area contributed by atoms with Crippen LogP contribution in [0, 0.1) is 0 Å². The van der Waals surface area contributed by atoms with E-state index in [1.165, 1.54) is 4.52 Å². The van der Waals surface area contributed by atoms with Gasteiger partial charge in [-0.3, -0.25) is 14.4 Å². The van der Waals surface area contributed by atoms with Crippen molar-refractivity contribution in [3.63, 3.8) is 0 Å². The van der Waals surface area contributed by atoms with Crippen LogP contribution >= 0.6 is 11.6 Å². The second-order valence-electron chi connectivity index (χ2n) is 12.9. The van der Waals surface area contributed by atoms with E-state index in [4.69, 9.17) is 30.5 Å². The number of piperidine rings is 1. The number of nitrogens with zero attached hydrogens (tertiary/aromatic N) is 6. The van der Waals surface area contributed by atoms with Gasteiger partial charge in [0.05, 0.1) is 41.7 Å². The molecule has 5 aromatic rings. The highest BCUT2D eigenvalue weighted by atomic mass is 35.5. The summed E-state index contributed by atoms with van der Waals surface area (Å²) in [6.45, 7) is 1.28. The molecule has 17 heteroatoms. The quantitative estimate of drug-likeness (QED) is 0.260. The second-order valence-corrected chi connectivity index (χ2v) is 13.3. The van der Waals surface area contributed by atoms with Crippen molar-refractivity contribution in [2.75, 3.05) is 38.2 Å². The molecule has 1 N–H and O–H groups in total. The minimum absolute atomic E-state index is 0.00481. The Morgan fingerprint density at radius 2 is 1.85 bits per heavy atom. The number of benzene rings is 2. The lowest BCUT2D eigenvalue weighted by Gasteiger charge is -2.44. The number of carbonyl (C=O) groups is 2. The number of rotatable bonds is 6. The lowest BCUT2D eigenvalue weighted by molar-refractivity contribution is -0.141. The number of fused-ring (bicyclic) bond motifs is 4. The molecular weight excluding hydrogens is 707 g/mol. The fourth-order valence-corrected chi connectivity index (χ4v) is 7.37. The molecule has 2 aromatic carbocycles. The van der Waals surface area contributed by atoms with Crippen LogP contribution in [0.2, 0.25) is 5.02 Å². The summed E-state index contributed by atoms with van der Waals surface area (Å²) in [5, 5.41) is 6.90. The molecule has 0 radical (unpaired) electrons. The minimum Gasteiger partial charge on any atom is -0.440 e. The molecule has 3 aliphatic heterocycles. The average molecular weight is 738 g/mol. The summed E-state index contributed by atoms with van der Waals surface area (Å²) in [5.41, 5.74) is 0.437. The van der Waals surface area contributed by atoms with E-state index in [2.05, 4.69) is 15.4 Å². The van der Waals surface area contributed by atoms with Gasteiger partial charge in [-0.2, -0.15) is 22.7 Å². The van der Waals surface area contributed by atoms with E-state index in [1.54, 1.807) is 15.5 Å². The number of para-hydroxylation sites is 2. The van der Waals surface area contributed by atoms with Gasteiger partial charge in [0.1, 0.15) is 24.1 Å². The van der Waals surface area contributed by atoms with Crippen molar-refractivity contribution in [3.8, 4) is 0 Å². The number of hydrogen-bond donors (Lipinski definition) is 1. The number of oxazole rings is 1. The summed E-state index contributed by atoms with van der Waals surface area (Å²) in [5.74, 6) is -0.0208. The third kappa shape index (κ3) is 6.24. The first kappa shape index (κ1) is 34.0. The Morgan fingerprint density at radius 3 is 2.58 bits per heavy atom. The van der Waals surface area contributed by atoms with E-state index < -0.39 is 28.8 Å². The Hall–Kier alpha value is -5.06. The van der Waals surface area contributed by atoms with Crippen LogP contribution < -0.4 is 10.9 Å². The predicted molar refractivity (Wildman–Crippen MR) is 181 cm³/mol. The summed E-state index contributed by atoms with van der Waals surface area (Å²) < 4.78 is 60.0. The maximum atomic E-state index is 14.4. The van der Waals surface area contributed by atoms with Crippen LogP contribution in [-0.4, -0.2) is 73.8 Å². The first-order valence-electron chi connectivity index (χ1n) is 16.7. The molecule has 0 aliphatic carbocycles. The molecule has 6 heterocycles. The van der Waals surface area contributed by atoms with Gasteiger partial charge in [0.25, 0.3) is 5.56 Å². The Kier molecular flexibility index (Phi) is 8.62. The molecule has 52 heavy (non-hydrogen) atoms. The molecule has 1 saturated heterocycles. The normalized spacial score (nSPS) is 17.4. The maximum Gasteiger partial charge on any atom is 0.416 e. The topological polar surface area (TPSA) is 146 Å². The first-order valence-corrected chi connectivity index (χ1v) is 17.1. The predicted octanol–water partition coefficient (Wildman–Crippen LogP) is 4.78. The number of aromatic nitrogens is 5. The van der Waals surface area contributed by atoms with Crippen LogP contribution in [-0.2, 0) is 50.2 Å². The van der Waals surface area contributed by atoms with Crippen molar-refractivity contribution in [1.29, 1.82) is 0 Å². The highest BCUT2D eigenvalue weighted by molar-refractivity contribution is 6.33. The summed E-state index contributed by atoms with van der Waals surface area (Å²) >= 11 is 6.14. The van der Waals surface area contributed by atoms with Crippen molar-refractivity contribution in [2.45, 2.75) is 50.4 Å². The Bertz CT molecular complexity index is 2290. The summed E-state index contributed by atoms with van der Waals surface area (Å²) in [6, 6.07) is 9.94. The fourth-order valence-electron chi connectivity index (χ4n) is 7.14. The standard InChI is InChI=1S/C35H31ClF3N7O6/c36-22-17-21(35(37,38)39)5-6-23(22)40-27(47)19-45-25-9-16-51-34(30(25)32(49)46-33(45)42-31(43-46)20-7-14-50-15-8-20)10-12-44(13-11-34)29(48)18-28-41-24-3-1-2-4-26(24)52-28/h1-7,17H,8-16,18-19H2,(H,40,47). The van der Waals surface area contributed by atoms with Crippen LogP contribution in [0.4, 0.5) is 18.9 Å². The molecule has 13 nitrogen and oxygen atoms in total. The van der Waals surface area contributed by atoms with E-state index in [1.807, 2.05) is 24.3 Å². The van der Waals surface area contributed by atoms with Crippen LogP contribution in [0.1, 0.15) is 47.8 Å². The lowest BCUT2D eigenvalue weighted by Crippen LogP contribution is -2.52. The van der Waals surface area contributed by atoms with Gasteiger partial charge in [-0.1, -0.05) is 29.8 Å². The molecule has 1 fully saturated rings. The van der Waals surface area contributed by atoms with E-state index in [0.717, 1.165) is 23.8 Å². The number of likely N-dealkylation sites (tertiary alicyclic amines) is 1. The number of carbonyl (C=O) groups excluding carboxylic acids is 2. The molecule has 3 aromatic heterocycles. The molecule has 3 aliphatic rings. The van der Waals surface area contributed by atoms with Crippen molar-refractivity contribution in [3.05, 3.63) is 92.5 Å². The van der Waals surface area contributed by atoms with Crippen molar-refractivity contribution in [2.24, 2.45) is 0 Å². The number of ether oxygens (including phenoxy) is 2. The smallest absolute Gasteiger partial charge is 0.416 e. The van der Waals surface area contributed by atoms with Crippen LogP contribution in [0.15, 0.2) is 57.8 Å².